The van der Waals surface area contributed by atoms with Crippen LogP contribution in [-0.4, -0.2) is 15.7 Å². The zero-order chi connectivity index (χ0) is 16.2. The van der Waals surface area contributed by atoms with Gasteiger partial charge in [-0.25, -0.2) is 4.79 Å². The second-order valence-electron chi connectivity index (χ2n) is 4.68. The summed E-state index contributed by atoms with van der Waals surface area (Å²) in [4.78, 5) is 24.5. The molecule has 0 unspecified atom stereocenters. The Morgan fingerprint density at radius 1 is 1.35 bits per heavy atom. The number of hydrogen-bond acceptors (Lipinski definition) is 5. The van der Waals surface area contributed by atoms with Gasteiger partial charge in [0.2, 0.25) is 5.91 Å². The molecular weight excluding hydrogens is 429 g/mol. The van der Waals surface area contributed by atoms with Crippen molar-refractivity contribution in [3.05, 3.63) is 55.9 Å². The molecule has 0 aliphatic heterocycles. The van der Waals surface area contributed by atoms with Crippen molar-refractivity contribution in [1.82, 2.24) is 9.78 Å². The number of thiophene rings is 1. The molecule has 1 aromatic carbocycles. The molecule has 23 heavy (non-hydrogen) atoms. The number of aromatic nitrogens is 2. The molecule has 8 heteroatoms. The van der Waals surface area contributed by atoms with Crippen LogP contribution in [0.3, 0.4) is 0 Å². The first-order valence-electron chi connectivity index (χ1n) is 6.79. The van der Waals surface area contributed by atoms with Gasteiger partial charge in [-0.05, 0) is 52.2 Å². The highest BCUT2D eigenvalue weighted by Crippen LogP contribution is 2.21. The van der Waals surface area contributed by atoms with Gasteiger partial charge in [-0.1, -0.05) is 12.1 Å². The fourth-order valence-electron chi connectivity index (χ4n) is 1.94. The molecule has 0 aliphatic rings. The minimum Gasteiger partial charge on any atom is -0.387 e. The van der Waals surface area contributed by atoms with Gasteiger partial charge in [0.1, 0.15) is 0 Å². The van der Waals surface area contributed by atoms with Crippen molar-refractivity contribution in [3.63, 3.8) is 0 Å². The Morgan fingerprint density at radius 3 is 2.96 bits per heavy atom. The van der Waals surface area contributed by atoms with E-state index in [1.165, 1.54) is 16.0 Å². The molecule has 2 aromatic heterocycles. The van der Waals surface area contributed by atoms with Crippen LogP contribution < -0.4 is 11.1 Å². The van der Waals surface area contributed by atoms with Crippen LogP contribution in [0.15, 0.2) is 51.0 Å². The van der Waals surface area contributed by atoms with Gasteiger partial charge in [0, 0.05) is 15.7 Å². The van der Waals surface area contributed by atoms with Crippen LogP contribution in [0, 0.1) is 3.57 Å². The van der Waals surface area contributed by atoms with E-state index in [2.05, 4.69) is 33.0 Å². The van der Waals surface area contributed by atoms with E-state index in [0.717, 1.165) is 14.1 Å². The highest BCUT2D eigenvalue weighted by atomic mass is 127. The summed E-state index contributed by atoms with van der Waals surface area (Å²) in [5.41, 5.74) is 0.730. The van der Waals surface area contributed by atoms with Gasteiger partial charge >= 0.3 is 5.76 Å². The van der Waals surface area contributed by atoms with E-state index in [1.807, 2.05) is 41.8 Å². The van der Waals surface area contributed by atoms with E-state index in [0.29, 0.717) is 0 Å². The molecule has 0 atom stereocenters. The second-order valence-corrected chi connectivity index (χ2v) is 6.88. The van der Waals surface area contributed by atoms with Crippen molar-refractivity contribution in [2.24, 2.45) is 0 Å². The number of benzene rings is 1. The second kappa shape index (κ2) is 7.09. The van der Waals surface area contributed by atoms with Crippen molar-refractivity contribution >= 4 is 45.5 Å². The first-order valence-corrected chi connectivity index (χ1v) is 8.75. The van der Waals surface area contributed by atoms with Crippen LogP contribution >= 0.6 is 33.9 Å². The van der Waals surface area contributed by atoms with Crippen molar-refractivity contribution in [3.8, 4) is 10.8 Å². The molecule has 0 spiro atoms. The normalized spacial score (nSPS) is 10.7. The van der Waals surface area contributed by atoms with Gasteiger partial charge in [-0.2, -0.15) is 4.68 Å². The third-order valence-electron chi connectivity index (χ3n) is 3.00. The Balaban J connectivity index is 1.62. The smallest absolute Gasteiger partial charge is 0.387 e. The van der Waals surface area contributed by atoms with Crippen LogP contribution in [0.1, 0.15) is 6.42 Å². The van der Waals surface area contributed by atoms with Crippen LogP contribution in [0.2, 0.25) is 0 Å². The van der Waals surface area contributed by atoms with Gasteiger partial charge in [0.05, 0.1) is 11.4 Å². The standard InChI is InChI=1S/C15H12IN3O3S/c16-10-3-1-4-11(9-10)17-13(20)6-7-19-15(21)22-14(18-19)12-5-2-8-23-12/h1-5,8-9H,6-7H2,(H,17,20). The number of carbonyl (C=O) groups is 1. The molecule has 1 amide bonds. The molecule has 0 bridgehead atoms. The van der Waals surface area contributed by atoms with Crippen LogP contribution in [0.25, 0.3) is 10.8 Å². The average Bonchev–Trinajstić information content (AvgIpc) is 3.14. The van der Waals surface area contributed by atoms with Crippen molar-refractivity contribution < 1.29 is 9.21 Å². The first kappa shape index (κ1) is 15.9. The van der Waals surface area contributed by atoms with Gasteiger partial charge in [0.15, 0.2) is 0 Å². The summed E-state index contributed by atoms with van der Waals surface area (Å²) in [6, 6.07) is 11.2. The van der Waals surface area contributed by atoms with Gasteiger partial charge in [0.25, 0.3) is 5.89 Å². The summed E-state index contributed by atoms with van der Waals surface area (Å²) in [5, 5.41) is 8.78. The quantitative estimate of drug-likeness (QED) is 0.618. The third-order valence-corrected chi connectivity index (χ3v) is 4.53. The molecule has 0 aliphatic carbocycles. The summed E-state index contributed by atoms with van der Waals surface area (Å²) in [6.45, 7) is 0.170. The molecule has 1 N–H and O–H groups in total. The number of rotatable bonds is 5. The molecule has 118 valence electrons. The molecular formula is C15H12IN3O3S. The summed E-state index contributed by atoms with van der Waals surface area (Å²) in [6.07, 6.45) is 0.141. The number of aryl methyl sites for hydroxylation is 1. The Bertz CT molecular complexity index is 870. The Kier molecular flexibility index (Phi) is 4.91. The van der Waals surface area contributed by atoms with Gasteiger partial charge in [-0.3, -0.25) is 4.79 Å². The predicted molar refractivity (Wildman–Crippen MR) is 96.5 cm³/mol. The lowest BCUT2D eigenvalue weighted by Crippen LogP contribution is -2.20. The van der Waals surface area contributed by atoms with Gasteiger partial charge in [-0.15, -0.1) is 16.4 Å². The van der Waals surface area contributed by atoms with Crippen LogP contribution in [-0.2, 0) is 11.3 Å². The largest absolute Gasteiger partial charge is 0.437 e. The highest BCUT2D eigenvalue weighted by molar-refractivity contribution is 14.1. The lowest BCUT2D eigenvalue weighted by molar-refractivity contribution is -0.116. The molecule has 6 nitrogen and oxygen atoms in total. The molecule has 3 aromatic rings. The summed E-state index contributed by atoms with van der Waals surface area (Å²) < 4.78 is 7.31. The van der Waals surface area contributed by atoms with Gasteiger partial charge < -0.3 is 9.73 Å². The summed E-state index contributed by atoms with van der Waals surface area (Å²) in [7, 11) is 0. The topological polar surface area (TPSA) is 77.1 Å². The molecule has 0 radical (unpaired) electrons. The maximum atomic E-state index is 12.0. The number of nitrogens with zero attached hydrogens (tertiary/aromatic N) is 2. The van der Waals surface area contributed by atoms with Crippen LogP contribution in [0.5, 0.6) is 0 Å². The minimum absolute atomic E-state index is 0.141. The van der Waals surface area contributed by atoms with E-state index in [-0.39, 0.29) is 24.8 Å². The molecule has 2 heterocycles. The predicted octanol–water partition coefficient (Wildman–Crippen LogP) is 3.20. The van der Waals surface area contributed by atoms with Crippen molar-refractivity contribution in [2.45, 2.75) is 13.0 Å². The van der Waals surface area contributed by atoms with Crippen molar-refractivity contribution in [2.75, 3.05) is 5.32 Å². The Labute approximate surface area is 149 Å². The molecule has 0 fully saturated rings. The number of anilines is 1. The minimum atomic E-state index is -0.560. The van der Waals surface area contributed by atoms with E-state index in [1.54, 1.807) is 0 Å². The summed E-state index contributed by atoms with van der Waals surface area (Å²) >= 11 is 3.61. The molecule has 3 rings (SSSR count). The monoisotopic (exact) mass is 441 g/mol. The first-order chi connectivity index (χ1) is 11.1. The lowest BCUT2D eigenvalue weighted by atomic mass is 10.3. The summed E-state index contributed by atoms with van der Waals surface area (Å²) in [5.74, 6) is -0.460. The van der Waals surface area contributed by atoms with E-state index < -0.39 is 5.76 Å². The van der Waals surface area contributed by atoms with Crippen molar-refractivity contribution in [1.29, 1.82) is 0 Å². The van der Waals surface area contributed by atoms with E-state index in [9.17, 15) is 9.59 Å². The maximum Gasteiger partial charge on any atom is 0.437 e. The number of amides is 1. The number of carbonyl (C=O) groups excluding carboxylic acids is 1. The SMILES string of the molecule is O=C(CCn1nc(-c2cccs2)oc1=O)Nc1cccc(I)c1. The number of nitrogens with one attached hydrogen (secondary N) is 1. The highest BCUT2D eigenvalue weighted by Gasteiger charge is 2.12. The zero-order valence-electron chi connectivity index (χ0n) is 11.9. The Morgan fingerprint density at radius 2 is 2.22 bits per heavy atom. The fourth-order valence-corrected chi connectivity index (χ4v) is 3.13. The van der Waals surface area contributed by atoms with E-state index >= 15 is 0 Å². The number of hydrogen-bond donors (Lipinski definition) is 1. The average molecular weight is 441 g/mol. The van der Waals surface area contributed by atoms with Crippen LogP contribution in [0.4, 0.5) is 5.69 Å². The third kappa shape index (κ3) is 4.08. The lowest BCUT2D eigenvalue weighted by Gasteiger charge is -2.05. The van der Waals surface area contributed by atoms with E-state index in [4.69, 9.17) is 4.42 Å². The fraction of sp³-hybridized carbons (Fsp3) is 0.133. The molecule has 0 saturated carbocycles. The zero-order valence-corrected chi connectivity index (χ0v) is 14.8. The number of halogens is 1. The Hall–Kier alpha value is -1.94. The maximum absolute atomic E-state index is 12.0. The molecule has 0 saturated heterocycles.